The molecular formula is C13H18N2O3S. The van der Waals surface area contributed by atoms with Gasteiger partial charge in [0, 0.05) is 0 Å². The number of carboxylic acids is 1. The zero-order valence-electron chi connectivity index (χ0n) is 10.7. The Morgan fingerprint density at radius 1 is 1.37 bits per heavy atom. The van der Waals surface area contributed by atoms with Crippen molar-refractivity contribution in [3.05, 3.63) is 35.9 Å². The van der Waals surface area contributed by atoms with E-state index in [-0.39, 0.29) is 0 Å². The zero-order chi connectivity index (χ0) is 14.3. The van der Waals surface area contributed by atoms with E-state index in [9.17, 15) is 14.7 Å². The molecule has 0 spiro atoms. The minimum atomic E-state index is -1.10. The molecule has 4 N–H and O–H groups in total. The van der Waals surface area contributed by atoms with Gasteiger partial charge in [-0.2, -0.15) is 11.8 Å². The minimum Gasteiger partial charge on any atom is -0.479 e. The lowest BCUT2D eigenvalue weighted by molar-refractivity contribution is -0.142. The Balaban J connectivity index is 2.70. The van der Waals surface area contributed by atoms with Gasteiger partial charge in [0.15, 0.2) is 6.04 Å². The number of amides is 1. The van der Waals surface area contributed by atoms with Gasteiger partial charge in [0.1, 0.15) is 0 Å². The molecule has 0 radical (unpaired) electrons. The number of hydrogen-bond donors (Lipinski definition) is 3. The largest absolute Gasteiger partial charge is 0.479 e. The van der Waals surface area contributed by atoms with Gasteiger partial charge in [-0.3, -0.25) is 4.79 Å². The fourth-order valence-corrected chi connectivity index (χ4v) is 2.05. The summed E-state index contributed by atoms with van der Waals surface area (Å²) in [5.74, 6) is -0.778. The van der Waals surface area contributed by atoms with Crippen LogP contribution in [0.15, 0.2) is 30.3 Å². The fraction of sp³-hybridized carbons (Fsp3) is 0.385. The van der Waals surface area contributed by atoms with Crippen molar-refractivity contribution in [3.63, 3.8) is 0 Å². The van der Waals surface area contributed by atoms with E-state index in [2.05, 4.69) is 5.32 Å². The molecule has 0 bridgehead atoms. The first-order valence-electron chi connectivity index (χ1n) is 5.89. The number of aliphatic carboxylic acids is 1. The maximum atomic E-state index is 11.8. The highest BCUT2D eigenvalue weighted by Crippen LogP contribution is 2.13. The van der Waals surface area contributed by atoms with E-state index < -0.39 is 24.0 Å². The number of nitrogens with two attached hydrogens (primary N) is 1. The van der Waals surface area contributed by atoms with Crippen molar-refractivity contribution in [3.8, 4) is 0 Å². The molecule has 1 aromatic carbocycles. The summed E-state index contributed by atoms with van der Waals surface area (Å²) in [6.45, 7) is 0. The molecule has 0 fully saturated rings. The van der Waals surface area contributed by atoms with Crippen molar-refractivity contribution >= 4 is 23.6 Å². The first-order valence-corrected chi connectivity index (χ1v) is 7.28. The third-order valence-corrected chi connectivity index (χ3v) is 3.28. The van der Waals surface area contributed by atoms with Crippen molar-refractivity contribution in [1.29, 1.82) is 0 Å². The van der Waals surface area contributed by atoms with Crippen LogP contribution in [-0.2, 0) is 9.59 Å². The topological polar surface area (TPSA) is 92.4 Å². The summed E-state index contributed by atoms with van der Waals surface area (Å²) in [6, 6.07) is 6.82. The Morgan fingerprint density at radius 2 is 2.00 bits per heavy atom. The Morgan fingerprint density at radius 3 is 2.53 bits per heavy atom. The van der Waals surface area contributed by atoms with E-state index in [1.54, 1.807) is 42.1 Å². The van der Waals surface area contributed by atoms with E-state index >= 15 is 0 Å². The summed E-state index contributed by atoms with van der Waals surface area (Å²) in [5.41, 5.74) is 6.24. The first-order chi connectivity index (χ1) is 9.06. The van der Waals surface area contributed by atoms with Crippen LogP contribution < -0.4 is 11.1 Å². The minimum absolute atomic E-state index is 0.440. The molecule has 6 heteroatoms. The molecule has 0 aliphatic rings. The van der Waals surface area contributed by atoms with Crippen molar-refractivity contribution in [2.75, 3.05) is 12.0 Å². The number of nitrogens with one attached hydrogen (secondary N) is 1. The number of carboxylic acid groups (broad SMARTS) is 1. The smallest absolute Gasteiger partial charge is 0.330 e. The Hall–Kier alpha value is -1.53. The molecule has 0 aromatic heterocycles. The lowest BCUT2D eigenvalue weighted by atomic mass is 10.1. The molecule has 0 aliphatic heterocycles. The van der Waals surface area contributed by atoms with E-state index in [1.165, 1.54) is 0 Å². The highest BCUT2D eigenvalue weighted by molar-refractivity contribution is 7.98. The zero-order valence-corrected chi connectivity index (χ0v) is 11.5. The van der Waals surface area contributed by atoms with Gasteiger partial charge in [0.2, 0.25) is 5.91 Å². The second-order valence-electron chi connectivity index (χ2n) is 4.08. The van der Waals surface area contributed by atoms with Crippen LogP contribution in [0, 0.1) is 0 Å². The van der Waals surface area contributed by atoms with Crippen molar-refractivity contribution in [2.24, 2.45) is 5.73 Å². The number of hydrogen-bond acceptors (Lipinski definition) is 4. The molecule has 5 nitrogen and oxygen atoms in total. The molecule has 2 atom stereocenters. The predicted molar refractivity (Wildman–Crippen MR) is 75.9 cm³/mol. The molecule has 0 aliphatic carbocycles. The number of rotatable bonds is 7. The van der Waals surface area contributed by atoms with Crippen LogP contribution in [0.5, 0.6) is 0 Å². The normalized spacial score (nSPS) is 13.6. The monoisotopic (exact) mass is 282 g/mol. The van der Waals surface area contributed by atoms with Crippen LogP contribution in [0.25, 0.3) is 0 Å². The highest BCUT2D eigenvalue weighted by atomic mass is 32.2. The summed E-state index contributed by atoms with van der Waals surface area (Å²) in [4.78, 5) is 23.0. The third-order valence-electron chi connectivity index (χ3n) is 2.64. The van der Waals surface area contributed by atoms with Gasteiger partial charge in [-0.15, -0.1) is 0 Å². The average Bonchev–Trinajstić information content (AvgIpc) is 2.42. The van der Waals surface area contributed by atoms with Crippen LogP contribution in [0.3, 0.4) is 0 Å². The number of carbonyl (C=O) groups excluding carboxylic acids is 1. The van der Waals surface area contributed by atoms with Crippen LogP contribution in [0.1, 0.15) is 18.0 Å². The molecule has 1 amide bonds. The Bertz CT molecular complexity index is 425. The van der Waals surface area contributed by atoms with Gasteiger partial charge in [0.25, 0.3) is 0 Å². The van der Waals surface area contributed by atoms with Crippen molar-refractivity contribution < 1.29 is 14.7 Å². The maximum absolute atomic E-state index is 11.8. The highest BCUT2D eigenvalue weighted by Gasteiger charge is 2.24. The molecule has 104 valence electrons. The molecule has 0 saturated carbocycles. The molecule has 0 heterocycles. The predicted octanol–water partition coefficient (Wildman–Crippen LogP) is 1.01. The van der Waals surface area contributed by atoms with E-state index in [0.717, 1.165) is 5.75 Å². The molecule has 1 rings (SSSR count). The van der Waals surface area contributed by atoms with E-state index in [0.29, 0.717) is 12.0 Å². The first kappa shape index (κ1) is 15.5. The van der Waals surface area contributed by atoms with Crippen molar-refractivity contribution in [1.82, 2.24) is 5.32 Å². The standard InChI is InChI=1S/C13H18N2O3S/c1-19-8-7-10(14)12(16)15-11(13(17)18)9-5-3-2-4-6-9/h2-6,10-11H,7-8,14H2,1H3,(H,15,16)(H,17,18)/t10-,11?/m0/s1. The van der Waals surface area contributed by atoms with Gasteiger partial charge in [0.05, 0.1) is 6.04 Å². The summed E-state index contributed by atoms with van der Waals surface area (Å²) in [6.07, 6.45) is 2.45. The lowest BCUT2D eigenvalue weighted by Gasteiger charge is -2.17. The van der Waals surface area contributed by atoms with Crippen molar-refractivity contribution in [2.45, 2.75) is 18.5 Å². The van der Waals surface area contributed by atoms with Gasteiger partial charge in [-0.05, 0) is 24.0 Å². The lowest BCUT2D eigenvalue weighted by Crippen LogP contribution is -2.44. The maximum Gasteiger partial charge on any atom is 0.330 e. The number of carbonyl (C=O) groups is 2. The summed E-state index contributed by atoms with van der Waals surface area (Å²) in [7, 11) is 0. The van der Waals surface area contributed by atoms with E-state index in [1.807, 2.05) is 6.26 Å². The van der Waals surface area contributed by atoms with Crippen LogP contribution in [0.4, 0.5) is 0 Å². The molecule has 1 unspecified atom stereocenters. The molecule has 0 saturated heterocycles. The molecule has 1 aromatic rings. The van der Waals surface area contributed by atoms with Crippen LogP contribution in [-0.4, -0.2) is 35.0 Å². The van der Waals surface area contributed by atoms with E-state index in [4.69, 9.17) is 5.73 Å². The number of benzene rings is 1. The molecule has 19 heavy (non-hydrogen) atoms. The number of thioether (sulfide) groups is 1. The second kappa shape index (κ2) is 7.81. The van der Waals surface area contributed by atoms with Gasteiger partial charge in [-0.1, -0.05) is 30.3 Å². The second-order valence-corrected chi connectivity index (χ2v) is 5.06. The summed E-state index contributed by atoms with van der Waals surface area (Å²) in [5, 5.41) is 11.6. The van der Waals surface area contributed by atoms with Gasteiger partial charge in [-0.25, -0.2) is 4.79 Å². The van der Waals surface area contributed by atoms with Gasteiger partial charge < -0.3 is 16.2 Å². The summed E-state index contributed by atoms with van der Waals surface area (Å²) < 4.78 is 0. The molecular weight excluding hydrogens is 264 g/mol. The summed E-state index contributed by atoms with van der Waals surface area (Å²) >= 11 is 1.59. The quantitative estimate of drug-likeness (QED) is 0.694. The SMILES string of the molecule is CSCC[C@H](N)C(=O)NC(C(=O)O)c1ccccc1. The van der Waals surface area contributed by atoms with Crippen LogP contribution in [0.2, 0.25) is 0 Å². The Kier molecular flexibility index (Phi) is 6.38. The fourth-order valence-electron chi connectivity index (χ4n) is 1.56. The Labute approximate surface area is 116 Å². The van der Waals surface area contributed by atoms with Gasteiger partial charge >= 0.3 is 5.97 Å². The average molecular weight is 282 g/mol. The third kappa shape index (κ3) is 4.92. The van der Waals surface area contributed by atoms with Crippen LogP contribution >= 0.6 is 11.8 Å².